The molecule has 1 aromatic carbocycles. The smallest absolute Gasteiger partial charge is 0.132 e. The van der Waals surface area contributed by atoms with Crippen molar-refractivity contribution in [2.45, 2.75) is 6.10 Å². The average Bonchev–Trinajstić information content (AvgIpc) is 2.30. The first kappa shape index (κ1) is 10.4. The number of methoxy groups -OCH3 is 1. The summed E-state index contributed by atoms with van der Waals surface area (Å²) in [5, 5.41) is 4.20. The van der Waals surface area contributed by atoms with Crippen molar-refractivity contribution in [2.75, 3.05) is 26.8 Å². The lowest BCUT2D eigenvalue weighted by molar-refractivity contribution is 0.0239. The predicted molar refractivity (Wildman–Crippen MR) is 53.5 cm³/mol. The lowest BCUT2D eigenvalue weighted by Gasteiger charge is -2.23. The maximum absolute atomic E-state index is 13.6. The number of hydrogen-bond donors (Lipinski definition) is 0. The molecule has 4 heteroatoms. The third kappa shape index (κ3) is 2.27. The molecule has 1 atom stereocenters. The summed E-state index contributed by atoms with van der Waals surface area (Å²) in [4.78, 5) is 0. The predicted octanol–water partition coefficient (Wildman–Crippen LogP) is 1.51. The van der Waals surface area contributed by atoms with E-state index in [0.29, 0.717) is 31.0 Å². The van der Waals surface area contributed by atoms with Gasteiger partial charge in [0.15, 0.2) is 0 Å². The van der Waals surface area contributed by atoms with Crippen LogP contribution in [0.4, 0.5) is 4.39 Å². The third-order valence-electron chi connectivity index (χ3n) is 2.42. The summed E-state index contributed by atoms with van der Waals surface area (Å²) in [5.74, 6) is 0.223. The molecule has 0 bridgehead atoms. The van der Waals surface area contributed by atoms with Crippen molar-refractivity contribution in [3.63, 3.8) is 0 Å². The van der Waals surface area contributed by atoms with Crippen LogP contribution in [0.1, 0.15) is 11.7 Å². The molecule has 1 heterocycles. The van der Waals surface area contributed by atoms with Gasteiger partial charge in [0.25, 0.3) is 0 Å². The minimum Gasteiger partial charge on any atom is -0.497 e. The maximum atomic E-state index is 13.6. The molecule has 15 heavy (non-hydrogen) atoms. The van der Waals surface area contributed by atoms with Gasteiger partial charge in [0.05, 0.1) is 19.8 Å². The molecule has 0 aromatic heterocycles. The molecule has 2 rings (SSSR count). The Kier molecular flexibility index (Phi) is 3.18. The zero-order valence-electron chi connectivity index (χ0n) is 8.57. The van der Waals surface area contributed by atoms with Gasteiger partial charge in [-0.15, -0.1) is 0 Å². The van der Waals surface area contributed by atoms with Gasteiger partial charge in [-0.1, -0.05) is 0 Å². The van der Waals surface area contributed by atoms with E-state index in [1.54, 1.807) is 12.1 Å². The highest BCUT2D eigenvalue weighted by atomic mass is 19.1. The second-order valence-corrected chi connectivity index (χ2v) is 3.38. The first-order valence-electron chi connectivity index (χ1n) is 4.89. The summed E-state index contributed by atoms with van der Waals surface area (Å²) >= 11 is 0. The monoisotopic (exact) mass is 210 g/mol. The summed E-state index contributed by atoms with van der Waals surface area (Å²) in [6.45, 7) is 1.80. The van der Waals surface area contributed by atoms with Crippen molar-refractivity contribution in [1.29, 1.82) is 0 Å². The average molecular weight is 210 g/mol. The molecule has 3 nitrogen and oxygen atoms in total. The molecular weight excluding hydrogens is 197 g/mol. The highest BCUT2D eigenvalue weighted by Crippen LogP contribution is 2.25. The van der Waals surface area contributed by atoms with Gasteiger partial charge in [0.1, 0.15) is 11.6 Å². The molecule has 1 radical (unpaired) electrons. The van der Waals surface area contributed by atoms with E-state index in [9.17, 15) is 4.39 Å². The Hall–Kier alpha value is -1.13. The van der Waals surface area contributed by atoms with E-state index in [1.807, 2.05) is 0 Å². The van der Waals surface area contributed by atoms with Gasteiger partial charge in [-0.25, -0.2) is 9.71 Å². The SMILES string of the molecule is COc1ccc(C2C[N]CCO2)c(F)c1. The molecule has 1 unspecified atom stereocenters. The first-order valence-corrected chi connectivity index (χ1v) is 4.89. The van der Waals surface area contributed by atoms with Crippen LogP contribution in [0.2, 0.25) is 0 Å². The molecule has 1 aliphatic heterocycles. The number of morpholine rings is 1. The van der Waals surface area contributed by atoms with E-state index < -0.39 is 0 Å². The highest BCUT2D eigenvalue weighted by Gasteiger charge is 2.19. The number of nitrogens with zero attached hydrogens (tertiary/aromatic N) is 1. The summed E-state index contributed by atoms with van der Waals surface area (Å²) in [7, 11) is 1.51. The molecule has 81 valence electrons. The lowest BCUT2D eigenvalue weighted by Crippen LogP contribution is -2.28. The third-order valence-corrected chi connectivity index (χ3v) is 2.42. The normalized spacial score (nSPS) is 21.3. The van der Waals surface area contributed by atoms with E-state index in [-0.39, 0.29) is 11.9 Å². The van der Waals surface area contributed by atoms with E-state index in [4.69, 9.17) is 9.47 Å². The summed E-state index contributed by atoms with van der Waals surface area (Å²) < 4.78 is 24.0. The van der Waals surface area contributed by atoms with Crippen LogP contribution in [-0.4, -0.2) is 26.8 Å². The van der Waals surface area contributed by atoms with Gasteiger partial charge in [-0.2, -0.15) is 0 Å². The van der Waals surface area contributed by atoms with Gasteiger partial charge in [-0.3, -0.25) is 0 Å². The van der Waals surface area contributed by atoms with Crippen molar-refractivity contribution in [3.05, 3.63) is 29.6 Å². The van der Waals surface area contributed by atoms with Crippen molar-refractivity contribution in [3.8, 4) is 5.75 Å². The molecule has 1 fully saturated rings. The molecule has 0 aliphatic carbocycles. The van der Waals surface area contributed by atoms with Crippen LogP contribution < -0.4 is 10.1 Å². The number of halogens is 1. The van der Waals surface area contributed by atoms with Crippen LogP contribution in [-0.2, 0) is 4.74 Å². The minimum atomic E-state index is -0.295. The molecule has 0 saturated carbocycles. The number of benzene rings is 1. The summed E-state index contributed by atoms with van der Waals surface area (Å²) in [6.07, 6.45) is -0.246. The number of ether oxygens (including phenoxy) is 2. The molecule has 0 spiro atoms. The van der Waals surface area contributed by atoms with E-state index in [2.05, 4.69) is 5.32 Å². The Balaban J connectivity index is 2.19. The zero-order valence-corrected chi connectivity index (χ0v) is 8.57. The maximum Gasteiger partial charge on any atom is 0.132 e. The summed E-state index contributed by atoms with van der Waals surface area (Å²) in [5.41, 5.74) is 0.555. The van der Waals surface area contributed by atoms with Crippen LogP contribution in [0, 0.1) is 5.82 Å². The Morgan fingerprint density at radius 2 is 2.40 bits per heavy atom. The minimum absolute atomic E-state index is 0.246. The van der Waals surface area contributed by atoms with Crippen LogP contribution in [0.3, 0.4) is 0 Å². The fourth-order valence-electron chi connectivity index (χ4n) is 1.60. The van der Waals surface area contributed by atoms with Crippen molar-refractivity contribution < 1.29 is 13.9 Å². The molecular formula is C11H13FNO2. The largest absolute Gasteiger partial charge is 0.497 e. The Morgan fingerprint density at radius 3 is 3.00 bits per heavy atom. The topological polar surface area (TPSA) is 32.6 Å². The van der Waals surface area contributed by atoms with Crippen molar-refractivity contribution in [2.24, 2.45) is 0 Å². The summed E-state index contributed by atoms with van der Waals surface area (Å²) in [6, 6.07) is 4.79. The van der Waals surface area contributed by atoms with E-state index in [1.165, 1.54) is 13.2 Å². The highest BCUT2D eigenvalue weighted by molar-refractivity contribution is 5.30. The van der Waals surface area contributed by atoms with Gasteiger partial charge in [-0.05, 0) is 12.1 Å². The van der Waals surface area contributed by atoms with Crippen LogP contribution >= 0.6 is 0 Å². The van der Waals surface area contributed by atoms with Crippen LogP contribution in [0.5, 0.6) is 5.75 Å². The second-order valence-electron chi connectivity index (χ2n) is 3.38. The van der Waals surface area contributed by atoms with Crippen molar-refractivity contribution in [1.82, 2.24) is 5.32 Å². The zero-order chi connectivity index (χ0) is 10.7. The van der Waals surface area contributed by atoms with Crippen LogP contribution in [0.25, 0.3) is 0 Å². The van der Waals surface area contributed by atoms with E-state index >= 15 is 0 Å². The Morgan fingerprint density at radius 1 is 1.53 bits per heavy atom. The molecule has 1 saturated heterocycles. The number of hydrogen-bond acceptors (Lipinski definition) is 2. The van der Waals surface area contributed by atoms with Gasteiger partial charge in [0.2, 0.25) is 0 Å². The fraction of sp³-hybridized carbons (Fsp3) is 0.455. The fourth-order valence-corrected chi connectivity index (χ4v) is 1.60. The van der Waals surface area contributed by atoms with Gasteiger partial charge in [0, 0.05) is 24.7 Å². The number of rotatable bonds is 2. The Labute approximate surface area is 88.2 Å². The van der Waals surface area contributed by atoms with Crippen molar-refractivity contribution >= 4 is 0 Å². The lowest BCUT2D eigenvalue weighted by atomic mass is 10.1. The quantitative estimate of drug-likeness (QED) is 0.741. The van der Waals surface area contributed by atoms with Gasteiger partial charge < -0.3 is 9.47 Å². The van der Waals surface area contributed by atoms with E-state index in [0.717, 1.165) is 0 Å². The molecule has 0 N–H and O–H groups in total. The molecule has 1 aromatic rings. The first-order chi connectivity index (χ1) is 7.31. The Bertz CT molecular complexity index is 337. The van der Waals surface area contributed by atoms with Gasteiger partial charge >= 0.3 is 0 Å². The standard InChI is InChI=1S/C11H13FNO2/c1-14-8-2-3-9(10(12)6-8)11-7-13-4-5-15-11/h2-3,6,11H,4-5,7H2,1H3. The molecule has 1 aliphatic rings. The second kappa shape index (κ2) is 4.59. The molecule has 0 amide bonds. The van der Waals surface area contributed by atoms with Crippen LogP contribution in [0.15, 0.2) is 18.2 Å².